The van der Waals surface area contributed by atoms with E-state index < -0.39 is 41.2 Å². The van der Waals surface area contributed by atoms with Crippen molar-refractivity contribution in [2.45, 2.75) is 23.8 Å². The third-order valence-electron chi connectivity index (χ3n) is 2.35. The van der Waals surface area contributed by atoms with Crippen molar-refractivity contribution in [1.29, 1.82) is 0 Å². The van der Waals surface area contributed by atoms with Gasteiger partial charge in [-0.25, -0.2) is 4.79 Å². The third kappa shape index (κ3) is 7.78. The van der Waals surface area contributed by atoms with Crippen LogP contribution in [0.25, 0.3) is 0 Å². The van der Waals surface area contributed by atoms with E-state index >= 15 is 0 Å². The summed E-state index contributed by atoms with van der Waals surface area (Å²) in [7, 11) is 0. The van der Waals surface area contributed by atoms with Gasteiger partial charge < -0.3 is 26.6 Å². The topological polar surface area (TPSA) is 159 Å². The predicted octanol–water partition coefficient (Wildman–Crippen LogP) is -1.95. The standard InChI is InChI=1S/C10H17N3O6S2/c11-10(21,9(18)19)2-1-6(14)13-5(4-20)8(17)12-3-7(15)16/h5,20-21H,1-4,11H2,(H,12,17)(H,13,14)(H,15,16)(H,18,19). The van der Waals surface area contributed by atoms with E-state index in [9.17, 15) is 19.2 Å². The fraction of sp³-hybridized carbons (Fsp3) is 0.600. The molecule has 0 radical (unpaired) electrons. The molecule has 0 saturated heterocycles. The molecule has 11 heteroatoms. The van der Waals surface area contributed by atoms with Crippen molar-refractivity contribution >= 4 is 49.0 Å². The number of aliphatic carboxylic acids is 2. The van der Waals surface area contributed by atoms with E-state index in [4.69, 9.17) is 15.9 Å². The Kier molecular flexibility index (Phi) is 8.14. The fourth-order valence-electron chi connectivity index (χ4n) is 1.16. The van der Waals surface area contributed by atoms with Gasteiger partial charge in [-0.1, -0.05) is 0 Å². The molecule has 21 heavy (non-hydrogen) atoms. The summed E-state index contributed by atoms with van der Waals surface area (Å²) in [5.74, 6) is -3.97. The zero-order chi connectivity index (χ0) is 16.6. The van der Waals surface area contributed by atoms with Crippen molar-refractivity contribution in [2.24, 2.45) is 5.73 Å². The lowest BCUT2D eigenvalue weighted by Crippen LogP contribution is -2.50. The number of carboxylic acids is 2. The largest absolute Gasteiger partial charge is 0.480 e. The quantitative estimate of drug-likeness (QED) is 0.190. The van der Waals surface area contributed by atoms with Crippen LogP contribution in [0.3, 0.4) is 0 Å². The fourth-order valence-corrected chi connectivity index (χ4v) is 1.53. The van der Waals surface area contributed by atoms with Crippen LogP contribution in [0.5, 0.6) is 0 Å². The Morgan fingerprint density at radius 2 is 1.81 bits per heavy atom. The van der Waals surface area contributed by atoms with Gasteiger partial charge in [0.25, 0.3) is 0 Å². The van der Waals surface area contributed by atoms with Gasteiger partial charge in [-0.2, -0.15) is 12.6 Å². The molecule has 2 atom stereocenters. The summed E-state index contributed by atoms with van der Waals surface area (Å²) in [5.41, 5.74) is 5.34. The van der Waals surface area contributed by atoms with E-state index in [0.717, 1.165) is 0 Å². The monoisotopic (exact) mass is 339 g/mol. The summed E-state index contributed by atoms with van der Waals surface area (Å²) in [5, 5.41) is 21.5. The molecule has 0 aromatic heterocycles. The molecule has 0 spiro atoms. The minimum Gasteiger partial charge on any atom is -0.480 e. The first-order valence-corrected chi connectivity index (χ1v) is 6.82. The van der Waals surface area contributed by atoms with Gasteiger partial charge in [0.2, 0.25) is 11.8 Å². The van der Waals surface area contributed by atoms with Crippen LogP contribution in [-0.4, -0.2) is 57.2 Å². The molecule has 2 amide bonds. The molecule has 9 nitrogen and oxygen atoms in total. The van der Waals surface area contributed by atoms with Gasteiger partial charge in [0.1, 0.15) is 12.6 Å². The Morgan fingerprint density at radius 1 is 1.24 bits per heavy atom. The van der Waals surface area contributed by atoms with E-state index in [0.29, 0.717) is 0 Å². The van der Waals surface area contributed by atoms with Crippen molar-refractivity contribution in [1.82, 2.24) is 10.6 Å². The minimum atomic E-state index is -1.85. The molecule has 120 valence electrons. The van der Waals surface area contributed by atoms with E-state index in [1.807, 2.05) is 0 Å². The van der Waals surface area contributed by atoms with Crippen molar-refractivity contribution in [3.63, 3.8) is 0 Å². The molecule has 6 N–H and O–H groups in total. The van der Waals surface area contributed by atoms with Gasteiger partial charge in [-0.3, -0.25) is 14.4 Å². The normalized spacial score (nSPS) is 14.6. The average Bonchev–Trinajstić information content (AvgIpc) is 2.39. The Labute approximate surface area is 131 Å². The lowest BCUT2D eigenvalue weighted by Gasteiger charge is -2.19. The number of hydrogen-bond acceptors (Lipinski definition) is 7. The van der Waals surface area contributed by atoms with Crippen molar-refractivity contribution in [3.8, 4) is 0 Å². The molecule has 0 rings (SSSR count). The van der Waals surface area contributed by atoms with Crippen LogP contribution in [0.15, 0.2) is 0 Å². The molecule has 0 saturated carbocycles. The van der Waals surface area contributed by atoms with E-state index in [1.54, 1.807) is 0 Å². The maximum Gasteiger partial charge on any atom is 0.333 e. The first-order chi connectivity index (χ1) is 9.60. The molecule has 0 aliphatic rings. The molecule has 0 aliphatic carbocycles. The van der Waals surface area contributed by atoms with Gasteiger partial charge in [-0.15, -0.1) is 12.6 Å². The van der Waals surface area contributed by atoms with Crippen LogP contribution in [0, 0.1) is 0 Å². The molecular formula is C10H17N3O6S2. The maximum atomic E-state index is 11.6. The Balaban J connectivity index is 4.36. The minimum absolute atomic E-state index is 0.0508. The van der Waals surface area contributed by atoms with Crippen LogP contribution in [0.2, 0.25) is 0 Å². The SMILES string of the molecule is NC(S)(CCC(=O)NC(CS)C(=O)NCC(=O)O)C(=O)O. The second kappa shape index (κ2) is 8.74. The predicted molar refractivity (Wildman–Crippen MR) is 79.2 cm³/mol. The van der Waals surface area contributed by atoms with E-state index in [1.165, 1.54) is 0 Å². The summed E-state index contributed by atoms with van der Waals surface area (Å²) in [6, 6.07) is -1.03. The second-order valence-electron chi connectivity index (χ2n) is 4.14. The number of carbonyl (C=O) groups is 4. The summed E-state index contributed by atoms with van der Waals surface area (Å²) in [4.78, 5) is 42.3. The molecule has 0 aliphatic heterocycles. The number of thiol groups is 2. The second-order valence-corrected chi connectivity index (χ2v) is 5.31. The highest BCUT2D eigenvalue weighted by atomic mass is 32.1. The van der Waals surface area contributed by atoms with Gasteiger partial charge in [-0.05, 0) is 6.42 Å². The zero-order valence-corrected chi connectivity index (χ0v) is 12.7. The highest BCUT2D eigenvalue weighted by Crippen LogP contribution is 2.14. The van der Waals surface area contributed by atoms with Gasteiger partial charge in [0.15, 0.2) is 4.87 Å². The number of hydrogen-bond donors (Lipinski definition) is 7. The first-order valence-electron chi connectivity index (χ1n) is 5.74. The number of carboxylic acid groups (broad SMARTS) is 2. The van der Waals surface area contributed by atoms with Crippen LogP contribution in [0.1, 0.15) is 12.8 Å². The number of nitrogens with two attached hydrogens (primary N) is 1. The van der Waals surface area contributed by atoms with E-state index in [2.05, 4.69) is 35.9 Å². The molecule has 0 bridgehead atoms. The van der Waals surface area contributed by atoms with Crippen LogP contribution in [-0.2, 0) is 19.2 Å². The van der Waals surface area contributed by atoms with Gasteiger partial charge >= 0.3 is 11.9 Å². The number of amides is 2. The maximum absolute atomic E-state index is 11.6. The average molecular weight is 339 g/mol. The number of rotatable bonds is 9. The lowest BCUT2D eigenvalue weighted by molar-refractivity contribution is -0.140. The number of carbonyl (C=O) groups excluding carboxylic acids is 2. The Bertz CT molecular complexity index is 429. The van der Waals surface area contributed by atoms with Crippen LogP contribution < -0.4 is 16.4 Å². The summed E-state index contributed by atoms with van der Waals surface area (Å²) >= 11 is 7.58. The van der Waals surface area contributed by atoms with Gasteiger partial charge in [0, 0.05) is 12.2 Å². The molecular weight excluding hydrogens is 322 g/mol. The van der Waals surface area contributed by atoms with E-state index in [-0.39, 0.29) is 18.6 Å². The van der Waals surface area contributed by atoms with Gasteiger partial charge in [0.05, 0.1) is 0 Å². The highest BCUT2D eigenvalue weighted by molar-refractivity contribution is 7.82. The molecule has 0 aromatic rings. The lowest BCUT2D eigenvalue weighted by atomic mass is 10.1. The third-order valence-corrected chi connectivity index (χ3v) is 3.13. The molecule has 0 heterocycles. The van der Waals surface area contributed by atoms with Crippen molar-refractivity contribution in [2.75, 3.05) is 12.3 Å². The Hall–Kier alpha value is -1.46. The molecule has 0 fully saturated rings. The Morgan fingerprint density at radius 3 is 2.24 bits per heavy atom. The summed E-state index contributed by atoms with van der Waals surface area (Å²) < 4.78 is 0. The molecule has 0 aromatic carbocycles. The first kappa shape index (κ1) is 19.5. The van der Waals surface area contributed by atoms with Crippen molar-refractivity contribution < 1.29 is 29.4 Å². The summed E-state index contributed by atoms with van der Waals surface area (Å²) in [6.07, 6.45) is -0.504. The smallest absolute Gasteiger partial charge is 0.333 e. The summed E-state index contributed by atoms with van der Waals surface area (Å²) in [6.45, 7) is -0.583. The zero-order valence-electron chi connectivity index (χ0n) is 10.9. The van der Waals surface area contributed by atoms with Crippen LogP contribution >= 0.6 is 25.3 Å². The number of nitrogens with one attached hydrogen (secondary N) is 2. The highest BCUT2D eigenvalue weighted by Gasteiger charge is 2.30. The van der Waals surface area contributed by atoms with Crippen LogP contribution in [0.4, 0.5) is 0 Å². The van der Waals surface area contributed by atoms with Crippen molar-refractivity contribution in [3.05, 3.63) is 0 Å². The molecule has 2 unspecified atom stereocenters.